The number of carboxylic acids is 1. The van der Waals surface area contributed by atoms with Gasteiger partial charge in [0.25, 0.3) is 5.91 Å². The van der Waals surface area contributed by atoms with Gasteiger partial charge in [0.2, 0.25) is 0 Å². The first kappa shape index (κ1) is 35.4. The topological polar surface area (TPSA) is 94.5 Å². The molecule has 0 spiro atoms. The second-order valence-electron chi connectivity index (χ2n) is 13.6. The van der Waals surface area contributed by atoms with Gasteiger partial charge < -0.3 is 23.9 Å². The highest BCUT2D eigenvalue weighted by molar-refractivity contribution is 9.10. The minimum atomic E-state index is -1.05. The molecule has 2 aliphatic rings. The molecule has 4 heterocycles. The zero-order valence-corrected chi connectivity index (χ0v) is 32.6. The summed E-state index contributed by atoms with van der Waals surface area (Å²) in [6.07, 6.45) is 6.61. The number of carbonyl (C=O) groups excluding carboxylic acids is 1. The van der Waals surface area contributed by atoms with Crippen molar-refractivity contribution in [1.29, 1.82) is 0 Å². The summed E-state index contributed by atoms with van der Waals surface area (Å²) in [5.41, 5.74) is 8.83. The van der Waals surface area contributed by atoms with Gasteiger partial charge in [0, 0.05) is 70.3 Å². The monoisotopic (exact) mass is 791 g/mol. The number of aromatic nitrogens is 4. The minimum absolute atomic E-state index is 0.124. The summed E-state index contributed by atoms with van der Waals surface area (Å²) < 4.78 is 12.9. The van der Waals surface area contributed by atoms with Crippen molar-refractivity contribution < 1.29 is 19.4 Å². The van der Waals surface area contributed by atoms with Crippen molar-refractivity contribution in [2.24, 2.45) is 14.1 Å². The second kappa shape index (κ2) is 13.5. The molecule has 1 atom stereocenters. The van der Waals surface area contributed by atoms with Crippen molar-refractivity contribution in [3.8, 4) is 5.75 Å². The minimum Gasteiger partial charge on any atom is -0.494 e. The number of alkyl halides is 1. The van der Waals surface area contributed by atoms with Crippen LogP contribution in [0.15, 0.2) is 34.9 Å². The normalized spacial score (nSPS) is 15.9. The van der Waals surface area contributed by atoms with Gasteiger partial charge >= 0.3 is 5.97 Å². The number of fused-ring (bicyclic) bond motifs is 4. The maximum atomic E-state index is 15.2. The fraction of sp³-hybridized carbons (Fsp3) is 0.359. The Morgan fingerprint density at radius 2 is 1.82 bits per heavy atom. The van der Waals surface area contributed by atoms with Crippen molar-refractivity contribution in [1.82, 2.24) is 18.9 Å². The lowest BCUT2D eigenvalue weighted by Gasteiger charge is -2.23. The molecule has 3 aromatic heterocycles. The number of ether oxygens (including phenoxy) is 1. The van der Waals surface area contributed by atoms with E-state index in [2.05, 4.69) is 33.5 Å². The van der Waals surface area contributed by atoms with Gasteiger partial charge in [0.1, 0.15) is 11.4 Å². The molecule has 5 aromatic rings. The van der Waals surface area contributed by atoms with Crippen LogP contribution in [0.25, 0.3) is 22.6 Å². The van der Waals surface area contributed by atoms with Crippen LogP contribution in [0.2, 0.25) is 5.02 Å². The lowest BCUT2D eigenvalue weighted by Crippen LogP contribution is -2.39. The number of carboxylic acid groups (broad SMARTS) is 1. The maximum Gasteiger partial charge on any atom is 0.335 e. The fourth-order valence-corrected chi connectivity index (χ4v) is 9.02. The molecule has 51 heavy (non-hydrogen) atoms. The van der Waals surface area contributed by atoms with Crippen LogP contribution in [0, 0.1) is 27.7 Å². The number of aryl methyl sites for hydroxylation is 5. The van der Waals surface area contributed by atoms with E-state index in [-0.39, 0.29) is 16.8 Å². The van der Waals surface area contributed by atoms with Gasteiger partial charge in [-0.3, -0.25) is 9.48 Å². The first-order valence-corrected chi connectivity index (χ1v) is 18.7. The first-order chi connectivity index (χ1) is 24.3. The molecule has 1 unspecified atom stereocenters. The molecule has 9 nitrogen and oxygen atoms in total. The summed E-state index contributed by atoms with van der Waals surface area (Å²) in [5.74, 6) is -0.452. The highest BCUT2D eigenvalue weighted by Crippen LogP contribution is 2.38. The number of halogens is 3. The van der Waals surface area contributed by atoms with Crippen LogP contribution < -0.4 is 20.2 Å². The van der Waals surface area contributed by atoms with E-state index < -0.39 is 5.97 Å². The third kappa shape index (κ3) is 5.99. The number of aromatic carboxylic acids is 1. The second-order valence-corrected chi connectivity index (χ2v) is 15.4. The molecule has 1 aliphatic carbocycles. The molecular formula is C39H40BrCl2N5O4. The van der Waals surface area contributed by atoms with Crippen molar-refractivity contribution in [2.75, 3.05) is 18.1 Å². The molecule has 7 rings (SSSR count). The molecule has 12 heteroatoms. The predicted molar refractivity (Wildman–Crippen MR) is 206 cm³/mol. The number of benzene rings is 2. The smallest absolute Gasteiger partial charge is 0.335 e. The lowest BCUT2D eigenvalue weighted by atomic mass is 9.93. The Morgan fingerprint density at radius 1 is 1.10 bits per heavy atom. The highest BCUT2D eigenvalue weighted by Gasteiger charge is 2.34. The molecule has 0 saturated heterocycles. The van der Waals surface area contributed by atoms with Crippen LogP contribution in [0.4, 0.5) is 5.69 Å². The average Bonchev–Trinajstić information content (AvgIpc) is 3.60. The van der Waals surface area contributed by atoms with Crippen LogP contribution in [0.3, 0.4) is 0 Å². The van der Waals surface area contributed by atoms with E-state index >= 15 is 4.79 Å². The Kier molecular flexibility index (Phi) is 9.39. The number of carbonyl (C=O) groups is 2. The first-order valence-electron chi connectivity index (χ1n) is 17.1. The molecule has 266 valence electrons. The van der Waals surface area contributed by atoms with Crippen LogP contribution in [0.1, 0.15) is 73.8 Å². The number of hydrogen-bond donors (Lipinski definition) is 1. The Bertz CT molecular complexity index is 2380. The quantitative estimate of drug-likeness (QED) is 0.134. The Balaban J connectivity index is 1.40. The number of hydrogen-bond acceptors (Lipinski definition) is 4. The Labute approximate surface area is 314 Å². The highest BCUT2D eigenvalue weighted by atomic mass is 79.9. The summed E-state index contributed by atoms with van der Waals surface area (Å²) in [7, 11) is 3.81. The van der Waals surface area contributed by atoms with Crippen molar-refractivity contribution >= 4 is 79.2 Å². The molecule has 0 saturated carbocycles. The van der Waals surface area contributed by atoms with E-state index in [0.29, 0.717) is 56.8 Å². The number of anilines is 1. The van der Waals surface area contributed by atoms with Gasteiger partial charge in [-0.1, -0.05) is 17.7 Å². The van der Waals surface area contributed by atoms with Gasteiger partial charge in [-0.25, -0.2) is 4.79 Å². The zero-order chi connectivity index (χ0) is 36.5. The van der Waals surface area contributed by atoms with E-state index in [1.807, 2.05) is 62.4 Å². The zero-order valence-electron chi connectivity index (χ0n) is 29.5. The van der Waals surface area contributed by atoms with E-state index in [1.54, 1.807) is 17.0 Å². The molecular weight excluding hydrogens is 753 g/mol. The van der Waals surface area contributed by atoms with Crippen molar-refractivity contribution in [3.05, 3.63) is 95.4 Å². The van der Waals surface area contributed by atoms with Crippen molar-refractivity contribution in [2.45, 2.75) is 65.3 Å². The summed E-state index contributed by atoms with van der Waals surface area (Å²) >= 11 is 17.3. The van der Waals surface area contributed by atoms with Gasteiger partial charge in [-0.05, 0) is 110 Å². The summed E-state index contributed by atoms with van der Waals surface area (Å²) in [6, 6.07) is 7.17. The summed E-state index contributed by atoms with van der Waals surface area (Å²) in [4.78, 5) is 29.2. The van der Waals surface area contributed by atoms with Crippen LogP contribution in [0.5, 0.6) is 5.75 Å². The third-order valence-corrected chi connectivity index (χ3v) is 11.9. The molecule has 0 fully saturated rings. The van der Waals surface area contributed by atoms with E-state index in [9.17, 15) is 9.90 Å². The van der Waals surface area contributed by atoms with Crippen LogP contribution in [-0.2, 0) is 27.1 Å². The van der Waals surface area contributed by atoms with Gasteiger partial charge in [0.15, 0.2) is 0 Å². The Morgan fingerprint density at radius 3 is 2.49 bits per heavy atom. The van der Waals surface area contributed by atoms with Gasteiger partial charge in [0.05, 0.1) is 39.8 Å². The summed E-state index contributed by atoms with van der Waals surface area (Å²) in [6.45, 7) is 9.46. The maximum absolute atomic E-state index is 15.2. The van der Waals surface area contributed by atoms with Gasteiger partial charge in [-0.2, -0.15) is 5.10 Å². The number of amides is 1. The molecule has 0 radical (unpaired) electrons. The van der Waals surface area contributed by atoms with Crippen LogP contribution >= 0.6 is 39.1 Å². The molecule has 2 aromatic carbocycles. The number of rotatable bonds is 8. The standard InChI is InChI=1S/C39H40BrCl2N5O4/c1-20-15-25(16-21(2)35(20)42)51-14-7-9-26-27-10-11-29(41)34(32-22(3)43-45(6)23(32)4)36(27)47-13-8-12-46(38(48)37(26)47)31-18-24(39(49)50)17-30-33(31)28(40)19-44(30)5/h10,15-19,29H,7-9,11-14H2,1-6H3,(H,49,50). The molecule has 0 bridgehead atoms. The van der Waals surface area contributed by atoms with E-state index in [4.69, 9.17) is 33.0 Å². The molecule has 1 N–H and O–H groups in total. The van der Waals surface area contributed by atoms with Gasteiger partial charge in [-0.15, -0.1) is 11.6 Å². The molecule has 1 aliphatic heterocycles. The number of nitrogens with zero attached hydrogens (tertiary/aromatic N) is 5. The van der Waals surface area contributed by atoms with Crippen LogP contribution in [-0.4, -0.2) is 54.4 Å². The lowest BCUT2D eigenvalue weighted by molar-refractivity contribution is 0.0696. The predicted octanol–water partition coefficient (Wildman–Crippen LogP) is 7.11. The van der Waals surface area contributed by atoms with E-state index in [1.165, 1.54) is 0 Å². The molecule has 1 amide bonds. The SMILES string of the molecule is Cc1cc(OCCCc2c3n(c4c2=CCC(Cl)C=4c2c(C)nn(C)c2C)CCCN(c2cc(C(=O)O)cc4c2c(Br)cn4C)C3=O)cc(C)c1Cl. The largest absolute Gasteiger partial charge is 0.494 e. The summed E-state index contributed by atoms with van der Waals surface area (Å²) in [5, 5.41) is 18.0. The Hall–Kier alpha value is -3.99. The van der Waals surface area contributed by atoms with Crippen molar-refractivity contribution in [3.63, 3.8) is 0 Å². The van der Waals surface area contributed by atoms with E-state index in [0.717, 1.165) is 75.9 Å². The average molecular weight is 794 g/mol. The third-order valence-electron chi connectivity index (χ3n) is 10.3. The fourth-order valence-electron chi connectivity index (χ4n) is 7.90.